The maximum Gasteiger partial charge on any atom is 0.325 e. The van der Waals surface area contributed by atoms with E-state index in [0.29, 0.717) is 44.1 Å². The fourth-order valence-electron chi connectivity index (χ4n) is 4.13. The molecule has 10 heteroatoms. The molecule has 34 heavy (non-hydrogen) atoms. The van der Waals surface area contributed by atoms with Gasteiger partial charge in [0.05, 0.1) is 4.90 Å². The first-order chi connectivity index (χ1) is 16.3. The number of benzene rings is 2. The first-order valence-electron chi connectivity index (χ1n) is 11.2. The standard InChI is InChI=1S/C24H28N2O7S/c1-17(23(27)25(2)16-18-7-4-3-5-8-18)33-24(28)20-9-6-12-26(20)34(29,30)19-10-11-21-22(15-19)32-14-13-31-21/h3-5,7-8,10-11,15,17,20H,6,9,12-14,16H2,1-2H3/t17-,20-/m1/s1. The Kier molecular flexibility index (Phi) is 7.08. The molecular formula is C24H28N2O7S. The Morgan fingerprint density at radius 2 is 1.82 bits per heavy atom. The topological polar surface area (TPSA) is 102 Å². The van der Waals surface area contributed by atoms with Gasteiger partial charge in [0.1, 0.15) is 19.3 Å². The lowest BCUT2D eigenvalue weighted by Crippen LogP contribution is -2.44. The molecule has 1 fully saturated rings. The third kappa shape index (κ3) is 5.02. The van der Waals surface area contributed by atoms with E-state index in [9.17, 15) is 18.0 Å². The molecule has 1 amide bonds. The molecule has 0 bridgehead atoms. The number of hydrogen-bond donors (Lipinski definition) is 0. The number of rotatable bonds is 7. The second-order valence-electron chi connectivity index (χ2n) is 8.34. The van der Waals surface area contributed by atoms with E-state index in [1.165, 1.54) is 24.0 Å². The van der Waals surface area contributed by atoms with Crippen LogP contribution in [0.15, 0.2) is 53.4 Å². The zero-order chi connectivity index (χ0) is 24.3. The number of carbonyl (C=O) groups excluding carboxylic acids is 2. The summed E-state index contributed by atoms with van der Waals surface area (Å²) in [6, 6.07) is 12.9. The zero-order valence-corrected chi connectivity index (χ0v) is 20.0. The largest absolute Gasteiger partial charge is 0.486 e. The number of esters is 1. The Morgan fingerprint density at radius 3 is 2.56 bits per heavy atom. The van der Waals surface area contributed by atoms with Crippen molar-refractivity contribution in [1.29, 1.82) is 0 Å². The van der Waals surface area contributed by atoms with E-state index in [2.05, 4.69) is 0 Å². The molecule has 0 N–H and O–H groups in total. The molecule has 2 aliphatic heterocycles. The van der Waals surface area contributed by atoms with Crippen LogP contribution in [0.4, 0.5) is 0 Å². The number of sulfonamides is 1. The molecule has 2 heterocycles. The average molecular weight is 489 g/mol. The van der Waals surface area contributed by atoms with E-state index < -0.39 is 28.1 Å². The smallest absolute Gasteiger partial charge is 0.325 e. The van der Waals surface area contributed by atoms with Crippen molar-refractivity contribution in [2.75, 3.05) is 26.8 Å². The third-order valence-corrected chi connectivity index (χ3v) is 7.78. The van der Waals surface area contributed by atoms with E-state index in [-0.39, 0.29) is 17.3 Å². The molecule has 0 aromatic heterocycles. The molecule has 2 aliphatic rings. The molecule has 9 nitrogen and oxygen atoms in total. The maximum atomic E-state index is 13.3. The molecule has 0 radical (unpaired) electrons. The fraction of sp³-hybridized carbons (Fsp3) is 0.417. The Labute approximate surface area is 199 Å². The summed E-state index contributed by atoms with van der Waals surface area (Å²) < 4.78 is 44.1. The predicted octanol–water partition coefficient (Wildman–Crippen LogP) is 2.20. The van der Waals surface area contributed by atoms with E-state index >= 15 is 0 Å². The number of nitrogens with zero attached hydrogens (tertiary/aromatic N) is 2. The van der Waals surface area contributed by atoms with Crippen molar-refractivity contribution < 1.29 is 32.2 Å². The van der Waals surface area contributed by atoms with E-state index in [0.717, 1.165) is 9.87 Å². The van der Waals surface area contributed by atoms with Gasteiger partial charge in [-0.15, -0.1) is 0 Å². The molecule has 2 aromatic rings. The summed E-state index contributed by atoms with van der Waals surface area (Å²) in [5, 5.41) is 0. The maximum absolute atomic E-state index is 13.3. The molecule has 182 valence electrons. The second kappa shape index (κ2) is 10.0. The van der Waals surface area contributed by atoms with Gasteiger partial charge in [-0.25, -0.2) is 8.42 Å². The minimum absolute atomic E-state index is 0.0168. The van der Waals surface area contributed by atoms with Gasteiger partial charge < -0.3 is 19.1 Å². The SMILES string of the molecule is C[C@@H](OC(=O)[C@H]1CCCN1S(=O)(=O)c1ccc2c(c1)OCCO2)C(=O)N(C)Cc1ccccc1. The highest BCUT2D eigenvalue weighted by atomic mass is 32.2. The molecular weight excluding hydrogens is 460 g/mol. The molecule has 0 spiro atoms. The van der Waals surface area contributed by atoms with Crippen LogP contribution in [-0.2, 0) is 30.9 Å². The van der Waals surface area contributed by atoms with Crippen molar-refractivity contribution in [3.63, 3.8) is 0 Å². The van der Waals surface area contributed by atoms with Gasteiger partial charge >= 0.3 is 5.97 Å². The van der Waals surface area contributed by atoms with Gasteiger partial charge in [-0.3, -0.25) is 9.59 Å². The van der Waals surface area contributed by atoms with E-state index in [1.54, 1.807) is 13.1 Å². The van der Waals surface area contributed by atoms with Crippen molar-refractivity contribution >= 4 is 21.9 Å². The lowest BCUT2D eigenvalue weighted by Gasteiger charge is -2.26. The van der Waals surface area contributed by atoms with Gasteiger partial charge in [0.15, 0.2) is 17.6 Å². The number of hydrogen-bond acceptors (Lipinski definition) is 7. The summed E-state index contributed by atoms with van der Waals surface area (Å²) >= 11 is 0. The predicted molar refractivity (Wildman–Crippen MR) is 123 cm³/mol. The summed E-state index contributed by atoms with van der Waals surface area (Å²) in [6.07, 6.45) is -0.205. The highest BCUT2D eigenvalue weighted by Crippen LogP contribution is 2.35. The molecule has 4 rings (SSSR count). The van der Waals surface area contributed by atoms with Crippen LogP contribution in [0.5, 0.6) is 11.5 Å². The number of likely N-dealkylation sites (N-methyl/N-ethyl adjacent to an activating group) is 1. The van der Waals surface area contributed by atoms with E-state index in [1.807, 2.05) is 30.3 Å². The molecule has 2 aromatic carbocycles. The molecule has 0 unspecified atom stereocenters. The Balaban J connectivity index is 1.43. The minimum Gasteiger partial charge on any atom is -0.486 e. The monoisotopic (exact) mass is 488 g/mol. The highest BCUT2D eigenvalue weighted by molar-refractivity contribution is 7.89. The van der Waals surface area contributed by atoms with Crippen molar-refractivity contribution in [1.82, 2.24) is 9.21 Å². The Bertz CT molecular complexity index is 1150. The van der Waals surface area contributed by atoms with Crippen molar-refractivity contribution in [3.8, 4) is 11.5 Å². The Hall–Kier alpha value is -3.11. The summed E-state index contributed by atoms with van der Waals surface area (Å²) in [4.78, 5) is 27.1. The Morgan fingerprint density at radius 1 is 1.12 bits per heavy atom. The fourth-order valence-corrected chi connectivity index (χ4v) is 5.79. The first-order valence-corrected chi connectivity index (χ1v) is 12.6. The second-order valence-corrected chi connectivity index (χ2v) is 10.2. The van der Waals surface area contributed by atoms with Crippen LogP contribution in [0.25, 0.3) is 0 Å². The van der Waals surface area contributed by atoms with Crippen LogP contribution < -0.4 is 9.47 Å². The summed E-state index contributed by atoms with van der Waals surface area (Å²) in [7, 11) is -2.35. The number of ether oxygens (including phenoxy) is 3. The quantitative estimate of drug-likeness (QED) is 0.551. The van der Waals surface area contributed by atoms with Gasteiger partial charge in [0.25, 0.3) is 5.91 Å². The van der Waals surface area contributed by atoms with Gasteiger partial charge in [-0.05, 0) is 37.5 Å². The van der Waals surface area contributed by atoms with Gasteiger partial charge in [-0.1, -0.05) is 30.3 Å². The summed E-state index contributed by atoms with van der Waals surface area (Å²) in [6.45, 7) is 2.79. The molecule has 0 aliphatic carbocycles. The van der Waals surface area contributed by atoms with Crippen LogP contribution in [0.3, 0.4) is 0 Å². The van der Waals surface area contributed by atoms with Gasteiger partial charge in [0, 0.05) is 26.2 Å². The van der Waals surface area contributed by atoms with Crippen molar-refractivity contribution in [2.24, 2.45) is 0 Å². The number of fused-ring (bicyclic) bond motifs is 1. The lowest BCUT2D eigenvalue weighted by molar-refractivity contribution is -0.161. The van der Waals surface area contributed by atoms with Crippen LogP contribution >= 0.6 is 0 Å². The lowest BCUT2D eigenvalue weighted by atomic mass is 10.2. The van der Waals surface area contributed by atoms with Crippen LogP contribution in [0.1, 0.15) is 25.3 Å². The summed E-state index contributed by atoms with van der Waals surface area (Å²) in [5.41, 5.74) is 0.948. The molecule has 1 saturated heterocycles. The molecule has 2 atom stereocenters. The average Bonchev–Trinajstić information content (AvgIpc) is 3.35. The van der Waals surface area contributed by atoms with Crippen molar-refractivity contribution in [3.05, 3.63) is 54.1 Å². The highest BCUT2D eigenvalue weighted by Gasteiger charge is 2.41. The summed E-state index contributed by atoms with van der Waals surface area (Å²) in [5.74, 6) is -0.259. The van der Waals surface area contributed by atoms with E-state index in [4.69, 9.17) is 14.2 Å². The van der Waals surface area contributed by atoms with Crippen LogP contribution in [-0.4, -0.2) is 68.5 Å². The minimum atomic E-state index is -3.98. The van der Waals surface area contributed by atoms with Gasteiger partial charge in [0.2, 0.25) is 10.0 Å². The first kappa shape index (κ1) is 24.0. The number of carbonyl (C=O) groups is 2. The van der Waals surface area contributed by atoms with Crippen LogP contribution in [0, 0.1) is 0 Å². The van der Waals surface area contributed by atoms with Crippen molar-refractivity contribution in [2.45, 2.75) is 43.4 Å². The van der Waals surface area contributed by atoms with Crippen LogP contribution in [0.2, 0.25) is 0 Å². The molecule has 0 saturated carbocycles. The zero-order valence-electron chi connectivity index (χ0n) is 19.2. The number of amides is 1. The third-order valence-electron chi connectivity index (χ3n) is 5.88. The normalized spacial score (nSPS) is 18.8. The van der Waals surface area contributed by atoms with Gasteiger partial charge in [-0.2, -0.15) is 4.31 Å².